The van der Waals surface area contributed by atoms with E-state index >= 15 is 0 Å². The van der Waals surface area contributed by atoms with Crippen LogP contribution in [0.15, 0.2) is 42.5 Å². The zero-order valence-corrected chi connectivity index (χ0v) is 14.5. The first-order valence-electron chi connectivity index (χ1n) is 8.29. The van der Waals surface area contributed by atoms with Crippen molar-refractivity contribution >= 4 is 23.2 Å². The molecule has 0 heterocycles. The zero-order valence-electron chi connectivity index (χ0n) is 14.5. The highest BCUT2D eigenvalue weighted by Crippen LogP contribution is 2.39. The van der Waals surface area contributed by atoms with Crippen LogP contribution in [0, 0.1) is 21.8 Å². The zero-order chi connectivity index (χ0) is 21.3. The Kier molecular flexibility index (Phi) is 5.23. The molecule has 1 aliphatic carbocycles. The van der Waals surface area contributed by atoms with Gasteiger partial charge in [-0.2, -0.15) is 13.2 Å². The second kappa shape index (κ2) is 7.49. The van der Waals surface area contributed by atoms with Gasteiger partial charge in [-0.05, 0) is 42.5 Å². The van der Waals surface area contributed by atoms with Gasteiger partial charge in [-0.15, -0.1) is 0 Å². The van der Waals surface area contributed by atoms with Gasteiger partial charge in [0.25, 0.3) is 5.91 Å². The number of anilines is 2. The number of halogens is 4. The van der Waals surface area contributed by atoms with E-state index in [-0.39, 0.29) is 17.7 Å². The van der Waals surface area contributed by atoms with E-state index < -0.39 is 51.9 Å². The Hall–Kier alpha value is -3.50. The molecule has 2 atom stereocenters. The van der Waals surface area contributed by atoms with Crippen LogP contribution in [-0.4, -0.2) is 22.8 Å². The number of amides is 2. The van der Waals surface area contributed by atoms with Gasteiger partial charge in [0.15, 0.2) is 0 Å². The average molecular weight is 411 g/mol. The van der Waals surface area contributed by atoms with Crippen molar-refractivity contribution in [3.05, 3.63) is 69.5 Å². The Morgan fingerprint density at radius 3 is 2.28 bits per heavy atom. The van der Waals surface area contributed by atoms with Gasteiger partial charge in [-0.3, -0.25) is 19.7 Å². The fourth-order valence-corrected chi connectivity index (χ4v) is 2.69. The summed E-state index contributed by atoms with van der Waals surface area (Å²) in [7, 11) is 0. The summed E-state index contributed by atoms with van der Waals surface area (Å²) in [5.41, 5.74) is -1.95. The van der Waals surface area contributed by atoms with Gasteiger partial charge >= 0.3 is 6.18 Å². The number of nitrogens with zero attached hydrogens (tertiary/aromatic N) is 1. The largest absolute Gasteiger partial charge is 0.418 e. The maximum Gasteiger partial charge on any atom is 0.418 e. The van der Waals surface area contributed by atoms with Crippen molar-refractivity contribution < 1.29 is 32.1 Å². The molecule has 1 fully saturated rings. The minimum atomic E-state index is -4.86. The van der Waals surface area contributed by atoms with Crippen molar-refractivity contribution in [3.8, 4) is 0 Å². The van der Waals surface area contributed by atoms with E-state index in [9.17, 15) is 37.3 Å². The smallest absolute Gasteiger partial charge is 0.325 e. The molecule has 1 aliphatic rings. The first-order valence-corrected chi connectivity index (χ1v) is 8.29. The molecule has 0 spiro atoms. The van der Waals surface area contributed by atoms with Gasteiger partial charge in [-0.1, -0.05) is 0 Å². The molecule has 152 valence electrons. The Labute approximate surface area is 160 Å². The molecule has 11 heteroatoms. The molecule has 3 rings (SSSR count). The minimum Gasteiger partial charge on any atom is -0.325 e. The van der Waals surface area contributed by atoms with E-state index in [1.54, 1.807) is 0 Å². The lowest BCUT2D eigenvalue weighted by Gasteiger charge is -2.15. The maximum absolute atomic E-state index is 13.4. The number of nitro groups is 1. The quantitative estimate of drug-likeness (QED) is 0.445. The molecule has 1 saturated carbocycles. The lowest BCUT2D eigenvalue weighted by atomic mass is 10.1. The Morgan fingerprint density at radius 1 is 1.07 bits per heavy atom. The molecule has 2 aromatic carbocycles. The van der Waals surface area contributed by atoms with Crippen LogP contribution in [-0.2, 0) is 11.0 Å². The van der Waals surface area contributed by atoms with Crippen molar-refractivity contribution in [2.75, 3.05) is 10.6 Å². The van der Waals surface area contributed by atoms with Crippen LogP contribution in [0.3, 0.4) is 0 Å². The van der Waals surface area contributed by atoms with E-state index in [4.69, 9.17) is 0 Å². The van der Waals surface area contributed by atoms with Gasteiger partial charge < -0.3 is 10.6 Å². The van der Waals surface area contributed by atoms with Crippen LogP contribution in [0.4, 0.5) is 28.9 Å². The number of rotatable bonds is 5. The maximum atomic E-state index is 13.4. The van der Waals surface area contributed by atoms with Crippen molar-refractivity contribution in [3.63, 3.8) is 0 Å². The van der Waals surface area contributed by atoms with E-state index in [0.717, 1.165) is 24.3 Å². The highest BCUT2D eigenvalue weighted by molar-refractivity contribution is 6.04. The fraction of sp³-hybridized carbons (Fsp3) is 0.222. The summed E-state index contributed by atoms with van der Waals surface area (Å²) in [5.74, 6) is -3.18. The van der Waals surface area contributed by atoms with Crippen molar-refractivity contribution in [1.29, 1.82) is 0 Å². The third-order valence-corrected chi connectivity index (χ3v) is 4.31. The number of hydrogen-bond acceptors (Lipinski definition) is 4. The van der Waals surface area contributed by atoms with E-state index in [0.29, 0.717) is 6.07 Å². The number of benzene rings is 2. The van der Waals surface area contributed by atoms with Crippen LogP contribution in [0.5, 0.6) is 0 Å². The average Bonchev–Trinajstić information content (AvgIpc) is 3.44. The monoisotopic (exact) mass is 411 g/mol. The number of carbonyl (C=O) groups is 2. The molecular formula is C18H13F4N3O4. The third kappa shape index (κ3) is 4.68. The normalized spacial score (nSPS) is 18.1. The number of nitrogens with one attached hydrogen (secondary N) is 2. The molecular weight excluding hydrogens is 398 g/mol. The van der Waals surface area contributed by atoms with Crippen molar-refractivity contribution in [2.45, 2.75) is 18.6 Å². The predicted octanol–water partition coefficient (Wildman–Crippen LogP) is 3.70. The van der Waals surface area contributed by atoms with Gasteiger partial charge in [-0.25, -0.2) is 4.39 Å². The Morgan fingerprint density at radius 2 is 1.72 bits per heavy atom. The summed E-state index contributed by atoms with van der Waals surface area (Å²) >= 11 is 0. The van der Waals surface area contributed by atoms with Gasteiger partial charge in [0.2, 0.25) is 11.9 Å². The minimum absolute atomic E-state index is 0.0357. The molecule has 0 aromatic heterocycles. The molecule has 2 N–H and O–H groups in total. The molecule has 0 bridgehead atoms. The Bertz CT molecular complexity index is 976. The van der Waals surface area contributed by atoms with Gasteiger partial charge in [0, 0.05) is 22.6 Å². The van der Waals surface area contributed by atoms with Crippen LogP contribution >= 0.6 is 0 Å². The summed E-state index contributed by atoms with van der Waals surface area (Å²) in [6.45, 7) is 0. The lowest BCUT2D eigenvalue weighted by Crippen LogP contribution is -2.21. The summed E-state index contributed by atoms with van der Waals surface area (Å²) in [6, 6.07) is 6.04. The molecule has 2 aromatic rings. The molecule has 7 nitrogen and oxygen atoms in total. The first kappa shape index (κ1) is 20.2. The number of hydrogen-bond donors (Lipinski definition) is 2. The molecule has 0 saturated heterocycles. The summed E-state index contributed by atoms with van der Waals surface area (Å²) in [5, 5.41) is 15.0. The van der Waals surface area contributed by atoms with Gasteiger partial charge in [0.05, 0.1) is 11.3 Å². The van der Waals surface area contributed by atoms with Gasteiger partial charge in [0.1, 0.15) is 11.7 Å². The van der Waals surface area contributed by atoms with Crippen LogP contribution < -0.4 is 10.6 Å². The van der Waals surface area contributed by atoms with E-state index in [1.165, 1.54) is 12.1 Å². The topological polar surface area (TPSA) is 101 Å². The van der Waals surface area contributed by atoms with E-state index in [2.05, 4.69) is 10.6 Å². The van der Waals surface area contributed by atoms with Crippen molar-refractivity contribution in [1.82, 2.24) is 0 Å². The fourth-order valence-electron chi connectivity index (χ4n) is 2.69. The van der Waals surface area contributed by atoms with Crippen LogP contribution in [0.2, 0.25) is 0 Å². The molecule has 2 amide bonds. The SMILES string of the molecule is O=C(Nc1ccc(NC(=O)C2CC2[N+](=O)[O-])c(C(F)(F)F)c1)c1ccc(F)cc1. The van der Waals surface area contributed by atoms with E-state index in [1.807, 2.05) is 0 Å². The molecule has 29 heavy (non-hydrogen) atoms. The molecule has 0 aliphatic heterocycles. The highest BCUT2D eigenvalue weighted by atomic mass is 19.4. The van der Waals surface area contributed by atoms with Crippen molar-refractivity contribution in [2.24, 2.45) is 5.92 Å². The summed E-state index contributed by atoms with van der Waals surface area (Å²) in [6.07, 6.45) is -4.89. The molecule has 0 radical (unpaired) electrons. The first-order chi connectivity index (χ1) is 13.6. The number of alkyl halides is 3. The summed E-state index contributed by atoms with van der Waals surface area (Å²) < 4.78 is 53.1. The van der Waals surface area contributed by atoms with Crippen LogP contribution in [0.25, 0.3) is 0 Å². The molecule has 2 unspecified atom stereocenters. The standard InChI is InChI=1S/C18H13F4N3O4/c19-10-3-1-9(2-4-10)16(26)23-11-5-6-14(13(7-11)18(20,21)22)24-17(27)12-8-15(12)25(28)29/h1-7,12,15H,8H2,(H,23,26)(H,24,27). The Balaban J connectivity index is 1.79. The lowest BCUT2D eigenvalue weighted by molar-refractivity contribution is -0.497. The second-order valence-electron chi connectivity index (χ2n) is 6.40. The third-order valence-electron chi connectivity index (χ3n) is 4.31. The predicted molar refractivity (Wildman–Crippen MR) is 93.3 cm³/mol. The second-order valence-corrected chi connectivity index (χ2v) is 6.40. The highest BCUT2D eigenvalue weighted by Gasteiger charge is 2.53. The summed E-state index contributed by atoms with van der Waals surface area (Å²) in [4.78, 5) is 34.0. The number of carbonyl (C=O) groups excluding carboxylic acids is 2. The van der Waals surface area contributed by atoms with Crippen LogP contribution in [0.1, 0.15) is 22.3 Å².